The summed E-state index contributed by atoms with van der Waals surface area (Å²) in [5.74, 6) is 1.21. The zero-order valence-electron chi connectivity index (χ0n) is 20.4. The lowest BCUT2D eigenvalue weighted by atomic mass is 9.89. The van der Waals surface area contributed by atoms with Crippen LogP contribution < -0.4 is 10.6 Å². The van der Waals surface area contributed by atoms with Gasteiger partial charge in [-0.1, -0.05) is 48.9 Å². The van der Waals surface area contributed by atoms with Crippen molar-refractivity contribution in [3.05, 3.63) is 98.5 Å². The second kappa shape index (κ2) is 10.4. The van der Waals surface area contributed by atoms with Gasteiger partial charge < -0.3 is 10.6 Å². The van der Waals surface area contributed by atoms with E-state index in [1.54, 1.807) is 0 Å². The van der Waals surface area contributed by atoms with Gasteiger partial charge in [0.2, 0.25) is 0 Å². The first kappa shape index (κ1) is 23.9. The summed E-state index contributed by atoms with van der Waals surface area (Å²) < 4.78 is 3.20. The average molecular weight is 578 g/mol. The highest BCUT2D eigenvalue weighted by Crippen LogP contribution is 2.30. The number of aryl methyl sites for hydroxylation is 2. The van der Waals surface area contributed by atoms with E-state index in [0.717, 1.165) is 45.7 Å². The molecular weight excluding hydrogens is 545 g/mol. The van der Waals surface area contributed by atoms with E-state index in [2.05, 4.69) is 107 Å². The number of aromatic nitrogens is 2. The molecule has 0 radical (unpaired) electrons. The molecule has 1 aliphatic rings. The normalized spacial score (nSPS) is 15.2. The lowest BCUT2D eigenvalue weighted by Crippen LogP contribution is -2.32. The van der Waals surface area contributed by atoms with Gasteiger partial charge in [-0.15, -0.1) is 0 Å². The number of amidine groups is 1. The molecule has 0 bridgehead atoms. The van der Waals surface area contributed by atoms with E-state index in [4.69, 9.17) is 15.7 Å². The van der Waals surface area contributed by atoms with Crippen molar-refractivity contribution in [1.82, 2.24) is 9.38 Å². The maximum absolute atomic E-state index is 6.47. The number of imidazole rings is 1. The lowest BCUT2D eigenvalue weighted by molar-refractivity contribution is 0.505. The largest absolute Gasteiger partial charge is 0.382 e. The molecule has 5 rings (SSSR count). The van der Waals surface area contributed by atoms with Gasteiger partial charge in [0.25, 0.3) is 0 Å². The molecule has 180 valence electrons. The molecule has 1 saturated heterocycles. The van der Waals surface area contributed by atoms with Gasteiger partial charge >= 0.3 is 0 Å². The van der Waals surface area contributed by atoms with Crippen LogP contribution in [0.2, 0.25) is 0 Å². The predicted octanol–water partition coefficient (Wildman–Crippen LogP) is 6.10. The Hall–Kier alpha value is -2.87. The summed E-state index contributed by atoms with van der Waals surface area (Å²) in [5.41, 5.74) is 14.5. The van der Waals surface area contributed by atoms with Gasteiger partial charge in [-0.25, -0.2) is 4.98 Å². The maximum atomic E-state index is 6.47. The topological polar surface area (TPSA) is 58.9 Å². The van der Waals surface area contributed by atoms with Crippen LogP contribution in [0.1, 0.15) is 53.8 Å². The molecule has 0 aliphatic carbocycles. The number of pyridine rings is 1. The number of rotatable bonds is 6. The molecule has 1 aliphatic heterocycles. The van der Waals surface area contributed by atoms with E-state index in [0.29, 0.717) is 18.3 Å². The van der Waals surface area contributed by atoms with Gasteiger partial charge in [-0.2, -0.15) is 0 Å². The van der Waals surface area contributed by atoms with E-state index in [-0.39, 0.29) is 0 Å². The first-order chi connectivity index (χ1) is 17.0. The summed E-state index contributed by atoms with van der Waals surface area (Å²) in [6.07, 6.45) is 5.28. The van der Waals surface area contributed by atoms with Crippen LogP contribution in [0, 0.1) is 10.5 Å². The quantitative estimate of drug-likeness (QED) is 0.171. The third kappa shape index (κ3) is 5.22. The SMILES string of the molecule is CCc1nc2ccc(I)cn2c1C(N)=NCc1ccc(N2CCC(c3ccc(C)cc3)CC2)cc1. The number of hydrogen-bond donors (Lipinski definition) is 1. The summed E-state index contributed by atoms with van der Waals surface area (Å²) in [7, 11) is 0. The predicted molar refractivity (Wildman–Crippen MR) is 154 cm³/mol. The number of piperidine rings is 1. The van der Waals surface area contributed by atoms with Crippen molar-refractivity contribution < 1.29 is 0 Å². The van der Waals surface area contributed by atoms with Crippen LogP contribution in [-0.4, -0.2) is 28.3 Å². The van der Waals surface area contributed by atoms with Crippen LogP contribution in [0.15, 0.2) is 71.9 Å². The van der Waals surface area contributed by atoms with Crippen molar-refractivity contribution >= 4 is 39.8 Å². The fraction of sp³-hybridized carbons (Fsp3) is 0.310. The highest BCUT2D eigenvalue weighted by atomic mass is 127. The highest BCUT2D eigenvalue weighted by Gasteiger charge is 2.21. The number of fused-ring (bicyclic) bond motifs is 1. The number of aliphatic imine (C=N–C) groups is 1. The first-order valence-electron chi connectivity index (χ1n) is 12.4. The van der Waals surface area contributed by atoms with Crippen LogP contribution in [0.3, 0.4) is 0 Å². The van der Waals surface area contributed by atoms with Gasteiger partial charge in [-0.05, 0) is 90.1 Å². The number of nitrogens with two attached hydrogens (primary N) is 1. The zero-order chi connectivity index (χ0) is 24.4. The minimum absolute atomic E-state index is 0.540. The Morgan fingerprint density at radius 2 is 1.74 bits per heavy atom. The van der Waals surface area contributed by atoms with E-state index in [9.17, 15) is 0 Å². The standard InChI is InChI=1S/C29H32IN5/c1-3-26-28(35-19-24(30)10-13-27(35)33-26)29(31)32-18-21-6-11-25(12-7-21)34-16-14-23(15-17-34)22-8-4-20(2)5-9-22/h4-13,19,23H,3,14-18H2,1-2H3,(H2,31,32). The summed E-state index contributed by atoms with van der Waals surface area (Å²) in [6, 6.07) is 22.0. The molecule has 6 heteroatoms. The average Bonchev–Trinajstić information content (AvgIpc) is 3.26. The summed E-state index contributed by atoms with van der Waals surface area (Å²) >= 11 is 2.31. The van der Waals surface area contributed by atoms with E-state index in [1.807, 2.05) is 6.07 Å². The Labute approximate surface area is 221 Å². The molecule has 5 nitrogen and oxygen atoms in total. The van der Waals surface area contributed by atoms with Gasteiger partial charge in [0.15, 0.2) is 0 Å². The number of nitrogens with zero attached hydrogens (tertiary/aromatic N) is 4. The third-order valence-corrected chi connectivity index (χ3v) is 7.65. The van der Waals surface area contributed by atoms with E-state index < -0.39 is 0 Å². The second-order valence-electron chi connectivity index (χ2n) is 9.38. The van der Waals surface area contributed by atoms with Gasteiger partial charge in [-0.3, -0.25) is 9.39 Å². The van der Waals surface area contributed by atoms with Crippen molar-refractivity contribution in [3.8, 4) is 0 Å². The Morgan fingerprint density at radius 1 is 1.03 bits per heavy atom. The van der Waals surface area contributed by atoms with Crippen LogP contribution >= 0.6 is 22.6 Å². The molecule has 0 unspecified atom stereocenters. The van der Waals surface area contributed by atoms with E-state index >= 15 is 0 Å². The van der Waals surface area contributed by atoms with Gasteiger partial charge in [0, 0.05) is 28.5 Å². The molecule has 4 aromatic rings. The maximum Gasteiger partial charge on any atom is 0.145 e. The smallest absolute Gasteiger partial charge is 0.145 e. The molecule has 35 heavy (non-hydrogen) atoms. The lowest BCUT2D eigenvalue weighted by Gasteiger charge is -2.34. The monoisotopic (exact) mass is 577 g/mol. The van der Waals surface area contributed by atoms with Crippen molar-refractivity contribution in [2.24, 2.45) is 10.7 Å². The molecule has 0 saturated carbocycles. The summed E-state index contributed by atoms with van der Waals surface area (Å²) in [4.78, 5) is 12.0. The van der Waals surface area contributed by atoms with Crippen molar-refractivity contribution in [2.45, 2.75) is 45.6 Å². The number of benzene rings is 2. The van der Waals surface area contributed by atoms with Gasteiger partial charge in [0.05, 0.1) is 12.2 Å². The molecule has 0 spiro atoms. The molecule has 3 heterocycles. The number of anilines is 1. The molecule has 2 aromatic heterocycles. The number of hydrogen-bond acceptors (Lipinski definition) is 3. The number of halogens is 1. The second-order valence-corrected chi connectivity index (χ2v) is 10.6. The molecular formula is C29H32IN5. The van der Waals surface area contributed by atoms with Crippen LogP contribution in [-0.2, 0) is 13.0 Å². The van der Waals surface area contributed by atoms with E-state index in [1.165, 1.54) is 29.7 Å². The molecule has 0 amide bonds. The van der Waals surface area contributed by atoms with Crippen LogP contribution in [0.5, 0.6) is 0 Å². The summed E-state index contributed by atoms with van der Waals surface area (Å²) in [5, 5.41) is 0. The molecule has 0 atom stereocenters. The molecule has 1 fully saturated rings. The minimum atomic E-state index is 0.540. The fourth-order valence-electron chi connectivity index (χ4n) is 4.96. The highest BCUT2D eigenvalue weighted by molar-refractivity contribution is 14.1. The first-order valence-corrected chi connectivity index (χ1v) is 13.5. The zero-order valence-corrected chi connectivity index (χ0v) is 22.6. The van der Waals surface area contributed by atoms with Crippen LogP contribution in [0.4, 0.5) is 5.69 Å². The minimum Gasteiger partial charge on any atom is -0.382 e. The van der Waals surface area contributed by atoms with Gasteiger partial charge in [0.1, 0.15) is 17.2 Å². The Morgan fingerprint density at radius 3 is 2.43 bits per heavy atom. The van der Waals surface area contributed by atoms with Crippen molar-refractivity contribution in [2.75, 3.05) is 18.0 Å². The third-order valence-electron chi connectivity index (χ3n) is 7.01. The Kier molecular flexibility index (Phi) is 7.09. The Bertz CT molecular complexity index is 1330. The fourth-order valence-corrected chi connectivity index (χ4v) is 5.42. The van der Waals surface area contributed by atoms with Crippen LogP contribution in [0.25, 0.3) is 5.65 Å². The van der Waals surface area contributed by atoms with Crippen molar-refractivity contribution in [1.29, 1.82) is 0 Å². The van der Waals surface area contributed by atoms with Crippen molar-refractivity contribution in [3.63, 3.8) is 0 Å². The molecule has 2 aromatic carbocycles. The molecule has 2 N–H and O–H groups in total. The summed E-state index contributed by atoms with van der Waals surface area (Å²) in [6.45, 7) is 7.00. The Balaban J connectivity index is 1.24.